The Morgan fingerprint density at radius 3 is 1.77 bits per heavy atom. The largest absolute Gasteiger partial charge is 0.306 e. The van der Waals surface area contributed by atoms with Gasteiger partial charge in [0, 0.05) is 6.54 Å². The highest BCUT2D eigenvalue weighted by molar-refractivity contribution is 4.71. The molecule has 0 bridgehead atoms. The van der Waals surface area contributed by atoms with E-state index in [-0.39, 0.29) is 0 Å². The molecule has 0 aliphatic carbocycles. The number of hydrogen-bond acceptors (Lipinski definition) is 1. The molecule has 0 aromatic heterocycles. The molecule has 13 heavy (non-hydrogen) atoms. The molecule has 1 heteroatoms. The van der Waals surface area contributed by atoms with Gasteiger partial charge in [-0.3, -0.25) is 0 Å². The van der Waals surface area contributed by atoms with E-state index in [1.165, 1.54) is 6.54 Å². The fourth-order valence-electron chi connectivity index (χ4n) is 0.870. The van der Waals surface area contributed by atoms with Crippen LogP contribution in [0.3, 0.4) is 0 Å². The summed E-state index contributed by atoms with van der Waals surface area (Å²) in [5, 5.41) is 0. The molecule has 82 valence electrons. The van der Waals surface area contributed by atoms with Crippen LogP contribution in [0.25, 0.3) is 0 Å². The lowest BCUT2D eigenvalue weighted by atomic mass is 9.82. The van der Waals surface area contributed by atoms with Crippen LogP contribution < -0.4 is 0 Å². The standard InChI is InChI=1S/C10H23N.C2H6/c1-7-11(6)8-9(2)10(3,4)5;1-2/h9H,7-8H2,1-6H3;1-2H3. The molecule has 1 atom stereocenters. The van der Waals surface area contributed by atoms with Gasteiger partial charge in [0.25, 0.3) is 0 Å². The van der Waals surface area contributed by atoms with Crippen LogP contribution in [0, 0.1) is 11.3 Å². The third kappa shape index (κ3) is 8.29. The molecule has 0 aromatic rings. The second-order valence-electron chi connectivity index (χ2n) is 4.62. The molecular weight excluding hydrogens is 158 g/mol. The highest BCUT2D eigenvalue weighted by Gasteiger charge is 2.20. The van der Waals surface area contributed by atoms with Crippen molar-refractivity contribution in [1.29, 1.82) is 0 Å². The Balaban J connectivity index is 0. The van der Waals surface area contributed by atoms with Crippen molar-refractivity contribution >= 4 is 0 Å². The number of hydrogen-bond donors (Lipinski definition) is 0. The van der Waals surface area contributed by atoms with Gasteiger partial charge >= 0.3 is 0 Å². The molecule has 0 saturated heterocycles. The fraction of sp³-hybridized carbons (Fsp3) is 1.00. The third-order valence-corrected chi connectivity index (χ3v) is 2.60. The zero-order valence-electron chi connectivity index (χ0n) is 10.9. The summed E-state index contributed by atoms with van der Waals surface area (Å²) in [6.45, 7) is 17.8. The first kappa shape index (κ1) is 15.4. The van der Waals surface area contributed by atoms with Crippen LogP contribution in [0.2, 0.25) is 0 Å². The second kappa shape index (κ2) is 7.37. The van der Waals surface area contributed by atoms with Crippen molar-refractivity contribution in [2.75, 3.05) is 20.1 Å². The molecule has 0 aliphatic rings. The summed E-state index contributed by atoms with van der Waals surface area (Å²) in [7, 11) is 2.18. The van der Waals surface area contributed by atoms with Crippen LogP contribution in [0.15, 0.2) is 0 Å². The first-order chi connectivity index (χ1) is 5.88. The van der Waals surface area contributed by atoms with E-state index in [4.69, 9.17) is 0 Å². The Kier molecular flexibility index (Phi) is 8.75. The number of nitrogens with zero attached hydrogens (tertiary/aromatic N) is 1. The van der Waals surface area contributed by atoms with E-state index in [0.29, 0.717) is 5.41 Å². The number of rotatable bonds is 3. The SMILES string of the molecule is CC.CCN(C)CC(C)C(C)(C)C. The summed E-state index contributed by atoms with van der Waals surface area (Å²) in [5.74, 6) is 0.771. The normalized spacial score (nSPS) is 13.6. The maximum absolute atomic E-state index is 2.37. The molecule has 0 spiro atoms. The van der Waals surface area contributed by atoms with Gasteiger partial charge in [0.05, 0.1) is 0 Å². The summed E-state index contributed by atoms with van der Waals surface area (Å²) in [4.78, 5) is 2.37. The van der Waals surface area contributed by atoms with Crippen LogP contribution in [-0.2, 0) is 0 Å². The molecule has 0 heterocycles. The van der Waals surface area contributed by atoms with Crippen molar-refractivity contribution in [3.63, 3.8) is 0 Å². The molecule has 1 nitrogen and oxygen atoms in total. The molecule has 0 aromatic carbocycles. The quantitative estimate of drug-likeness (QED) is 0.652. The molecular formula is C12H29N. The summed E-state index contributed by atoms with van der Waals surface area (Å²) in [6, 6.07) is 0. The Morgan fingerprint density at radius 2 is 1.54 bits per heavy atom. The fourth-order valence-corrected chi connectivity index (χ4v) is 0.870. The molecule has 0 aliphatic heterocycles. The van der Waals surface area contributed by atoms with E-state index in [1.54, 1.807) is 0 Å². The monoisotopic (exact) mass is 187 g/mol. The second-order valence-corrected chi connectivity index (χ2v) is 4.62. The molecule has 0 fully saturated rings. The summed E-state index contributed by atoms with van der Waals surface area (Å²) in [5.41, 5.74) is 0.448. The zero-order valence-corrected chi connectivity index (χ0v) is 10.9. The predicted molar refractivity (Wildman–Crippen MR) is 63.1 cm³/mol. The van der Waals surface area contributed by atoms with Gasteiger partial charge in [-0.15, -0.1) is 0 Å². The first-order valence-corrected chi connectivity index (χ1v) is 5.56. The van der Waals surface area contributed by atoms with Crippen molar-refractivity contribution < 1.29 is 0 Å². The maximum atomic E-state index is 2.37. The van der Waals surface area contributed by atoms with Crippen molar-refractivity contribution in [3.8, 4) is 0 Å². The molecule has 0 amide bonds. The van der Waals surface area contributed by atoms with Gasteiger partial charge in [-0.05, 0) is 24.9 Å². The smallest absolute Gasteiger partial charge is 0.000885 e. The Bertz CT molecular complexity index is 102. The van der Waals surface area contributed by atoms with Gasteiger partial charge in [-0.2, -0.15) is 0 Å². The Hall–Kier alpha value is -0.0400. The lowest BCUT2D eigenvalue weighted by molar-refractivity contribution is 0.188. The molecule has 1 unspecified atom stereocenters. The summed E-state index contributed by atoms with van der Waals surface area (Å²) >= 11 is 0. The van der Waals surface area contributed by atoms with E-state index in [0.717, 1.165) is 12.5 Å². The van der Waals surface area contributed by atoms with Gasteiger partial charge in [0.1, 0.15) is 0 Å². The van der Waals surface area contributed by atoms with Gasteiger partial charge in [-0.1, -0.05) is 48.5 Å². The van der Waals surface area contributed by atoms with Crippen molar-refractivity contribution in [2.24, 2.45) is 11.3 Å². The molecule has 0 rings (SSSR count). The molecule has 0 N–H and O–H groups in total. The molecule has 0 saturated carbocycles. The summed E-state index contributed by atoms with van der Waals surface area (Å²) in [6.07, 6.45) is 0. The van der Waals surface area contributed by atoms with Gasteiger partial charge < -0.3 is 4.90 Å². The average molecular weight is 187 g/mol. The minimum absolute atomic E-state index is 0.448. The van der Waals surface area contributed by atoms with E-state index in [1.807, 2.05) is 13.8 Å². The first-order valence-electron chi connectivity index (χ1n) is 5.56. The van der Waals surface area contributed by atoms with E-state index in [9.17, 15) is 0 Å². The van der Waals surface area contributed by atoms with Crippen LogP contribution in [-0.4, -0.2) is 25.0 Å². The predicted octanol–water partition coefficient (Wildman–Crippen LogP) is 3.65. The summed E-state index contributed by atoms with van der Waals surface area (Å²) < 4.78 is 0. The minimum atomic E-state index is 0.448. The highest BCUT2D eigenvalue weighted by Crippen LogP contribution is 2.25. The van der Waals surface area contributed by atoms with Crippen molar-refractivity contribution in [1.82, 2.24) is 4.90 Å². The maximum Gasteiger partial charge on any atom is 0.000885 e. The average Bonchev–Trinajstić information content (AvgIpc) is 2.06. The van der Waals surface area contributed by atoms with Crippen LogP contribution in [0.4, 0.5) is 0 Å². The van der Waals surface area contributed by atoms with E-state index in [2.05, 4.69) is 46.6 Å². The van der Waals surface area contributed by atoms with E-state index < -0.39 is 0 Å². The lowest BCUT2D eigenvalue weighted by Crippen LogP contribution is -2.31. The highest BCUT2D eigenvalue weighted by atomic mass is 15.1. The minimum Gasteiger partial charge on any atom is -0.306 e. The van der Waals surface area contributed by atoms with Crippen LogP contribution in [0.1, 0.15) is 48.5 Å². The van der Waals surface area contributed by atoms with Crippen LogP contribution in [0.5, 0.6) is 0 Å². The topological polar surface area (TPSA) is 3.24 Å². The third-order valence-electron chi connectivity index (χ3n) is 2.60. The van der Waals surface area contributed by atoms with E-state index >= 15 is 0 Å². The Morgan fingerprint density at radius 1 is 1.15 bits per heavy atom. The van der Waals surface area contributed by atoms with Gasteiger partial charge in [-0.25, -0.2) is 0 Å². The van der Waals surface area contributed by atoms with Crippen LogP contribution >= 0.6 is 0 Å². The van der Waals surface area contributed by atoms with Gasteiger partial charge in [0.15, 0.2) is 0 Å². The van der Waals surface area contributed by atoms with Crippen molar-refractivity contribution in [3.05, 3.63) is 0 Å². The van der Waals surface area contributed by atoms with Gasteiger partial charge in [0.2, 0.25) is 0 Å². The lowest BCUT2D eigenvalue weighted by Gasteiger charge is -2.30. The Labute approximate surface area is 85.5 Å². The molecule has 0 radical (unpaired) electrons. The zero-order chi connectivity index (χ0) is 11.1. The van der Waals surface area contributed by atoms with Crippen molar-refractivity contribution in [2.45, 2.75) is 48.5 Å².